The van der Waals surface area contributed by atoms with Gasteiger partial charge in [0.25, 0.3) is 0 Å². The summed E-state index contributed by atoms with van der Waals surface area (Å²) in [5.74, 6) is 0.0502. The van der Waals surface area contributed by atoms with Gasteiger partial charge in [-0.3, -0.25) is 5.41 Å². The second-order valence-electron chi connectivity index (χ2n) is 5.91. The van der Waals surface area contributed by atoms with Gasteiger partial charge in [-0.15, -0.1) is 13.2 Å². The molecule has 0 saturated carbocycles. The monoisotopic (exact) mass is 368 g/mol. The number of nitrogens with two attached hydrogens (primary N) is 1. The number of nitrogen functional groups attached to an aromatic ring is 1. The van der Waals surface area contributed by atoms with E-state index >= 15 is 0 Å². The Kier molecular flexibility index (Phi) is 4.71. The number of nitrogens with one attached hydrogen (secondary N) is 1. The van der Waals surface area contributed by atoms with Gasteiger partial charge in [-0.25, -0.2) is 9.37 Å². The highest BCUT2D eigenvalue weighted by Gasteiger charge is 2.31. The van der Waals surface area contributed by atoms with Crippen molar-refractivity contribution in [3.63, 3.8) is 0 Å². The number of halogens is 4. The third kappa shape index (κ3) is 4.04. The molecule has 1 aliphatic heterocycles. The molecule has 1 aliphatic rings. The normalized spacial score (nSPS) is 17.4. The van der Waals surface area contributed by atoms with Gasteiger partial charge >= 0.3 is 6.36 Å². The minimum Gasteiger partial charge on any atom is -0.406 e. The van der Waals surface area contributed by atoms with Gasteiger partial charge in [0, 0.05) is 29.6 Å². The summed E-state index contributed by atoms with van der Waals surface area (Å²) in [6.45, 7) is 0.739. The Morgan fingerprint density at radius 2 is 2.04 bits per heavy atom. The van der Waals surface area contributed by atoms with Crippen LogP contribution in [0.1, 0.15) is 17.5 Å². The van der Waals surface area contributed by atoms with Crippen LogP contribution in [0.25, 0.3) is 0 Å². The molecule has 3 N–H and O–H groups in total. The second-order valence-corrected chi connectivity index (χ2v) is 5.91. The molecule has 0 bridgehead atoms. The van der Waals surface area contributed by atoms with Crippen LogP contribution in [0.5, 0.6) is 5.75 Å². The maximum absolute atomic E-state index is 13.4. The van der Waals surface area contributed by atoms with E-state index in [-0.39, 0.29) is 23.5 Å². The lowest BCUT2D eigenvalue weighted by molar-refractivity contribution is -0.274. The Labute approximate surface area is 146 Å². The average molecular weight is 368 g/mol. The van der Waals surface area contributed by atoms with Crippen LogP contribution >= 0.6 is 0 Å². The smallest absolute Gasteiger partial charge is 0.406 e. The highest BCUT2D eigenvalue weighted by molar-refractivity contribution is 6.14. The quantitative estimate of drug-likeness (QED) is 0.492. The van der Waals surface area contributed by atoms with Crippen LogP contribution in [-0.2, 0) is 0 Å². The van der Waals surface area contributed by atoms with Crippen LogP contribution in [0.3, 0.4) is 0 Å². The summed E-state index contributed by atoms with van der Waals surface area (Å²) in [5.41, 5.74) is 6.40. The lowest BCUT2D eigenvalue weighted by Gasteiger charge is -2.17. The number of anilines is 2. The Morgan fingerprint density at radius 1 is 1.27 bits per heavy atom. The van der Waals surface area contributed by atoms with Crippen molar-refractivity contribution in [3.05, 3.63) is 47.7 Å². The number of aromatic nitrogens is 1. The molecule has 2 aromatic rings. The Balaban J connectivity index is 1.88. The first-order valence-corrected chi connectivity index (χ1v) is 7.82. The van der Waals surface area contributed by atoms with Crippen molar-refractivity contribution in [1.29, 1.82) is 5.41 Å². The van der Waals surface area contributed by atoms with Crippen LogP contribution in [0.2, 0.25) is 0 Å². The fourth-order valence-corrected chi connectivity index (χ4v) is 2.78. The molecule has 1 fully saturated rings. The zero-order valence-electron chi connectivity index (χ0n) is 13.6. The van der Waals surface area contributed by atoms with E-state index in [4.69, 9.17) is 11.1 Å². The lowest BCUT2D eigenvalue weighted by atomic mass is 10.0. The second kappa shape index (κ2) is 6.81. The molecule has 138 valence electrons. The molecule has 1 atom stereocenters. The van der Waals surface area contributed by atoms with E-state index in [1.807, 2.05) is 0 Å². The van der Waals surface area contributed by atoms with Gasteiger partial charge in [-0.2, -0.15) is 0 Å². The lowest BCUT2D eigenvalue weighted by Crippen LogP contribution is -2.21. The Hall–Kier alpha value is -2.84. The molecule has 1 saturated heterocycles. The predicted octanol–water partition coefficient (Wildman–Crippen LogP) is 3.53. The molecule has 1 unspecified atom stereocenters. The van der Waals surface area contributed by atoms with Gasteiger partial charge in [-0.1, -0.05) is 0 Å². The zero-order chi connectivity index (χ0) is 18.9. The van der Waals surface area contributed by atoms with Gasteiger partial charge in [0.05, 0.1) is 12.3 Å². The van der Waals surface area contributed by atoms with Crippen molar-refractivity contribution in [2.24, 2.45) is 0 Å². The predicted molar refractivity (Wildman–Crippen MR) is 89.4 cm³/mol. The maximum atomic E-state index is 13.4. The largest absolute Gasteiger partial charge is 0.573 e. The third-order valence-corrected chi connectivity index (χ3v) is 4.02. The molecular formula is C17H16F4N4O. The van der Waals surface area contributed by atoms with Gasteiger partial charge in [0.15, 0.2) is 0 Å². The molecule has 1 aromatic carbocycles. The number of ether oxygens (including phenoxy) is 1. The minimum atomic E-state index is -4.84. The summed E-state index contributed by atoms with van der Waals surface area (Å²) in [7, 11) is 0. The molecule has 9 heteroatoms. The van der Waals surface area contributed by atoms with Gasteiger partial charge in [0.2, 0.25) is 0 Å². The zero-order valence-corrected chi connectivity index (χ0v) is 13.6. The SMILES string of the molecule is N=C(c1ccnc(N2CCC(F)C2)c1)c1cc(OC(F)(F)F)ccc1N. The van der Waals surface area contributed by atoms with E-state index in [1.165, 1.54) is 12.3 Å². The van der Waals surface area contributed by atoms with Crippen molar-refractivity contribution >= 4 is 17.2 Å². The first-order valence-electron chi connectivity index (χ1n) is 7.82. The van der Waals surface area contributed by atoms with Gasteiger partial charge < -0.3 is 15.4 Å². The van der Waals surface area contributed by atoms with Crippen molar-refractivity contribution in [2.75, 3.05) is 23.7 Å². The van der Waals surface area contributed by atoms with E-state index in [1.54, 1.807) is 17.0 Å². The molecule has 1 aromatic heterocycles. The maximum Gasteiger partial charge on any atom is 0.573 e. The van der Waals surface area contributed by atoms with Crippen LogP contribution in [0.4, 0.5) is 29.1 Å². The standard InChI is InChI=1S/C17H16F4N4O/c18-11-4-6-25(9-11)15-7-10(3-5-24-15)16(23)13-8-12(1-2-14(13)22)26-17(19,20)21/h1-3,5,7-8,11,23H,4,6,9,22H2. The van der Waals surface area contributed by atoms with Gasteiger partial charge in [0.1, 0.15) is 17.7 Å². The summed E-state index contributed by atoms with van der Waals surface area (Å²) >= 11 is 0. The molecule has 0 aliphatic carbocycles. The molecule has 2 heterocycles. The van der Waals surface area contributed by atoms with Crippen LogP contribution in [0.15, 0.2) is 36.5 Å². The molecule has 26 heavy (non-hydrogen) atoms. The molecule has 5 nitrogen and oxygen atoms in total. The number of hydrogen-bond acceptors (Lipinski definition) is 5. The highest BCUT2D eigenvalue weighted by atomic mass is 19.4. The van der Waals surface area contributed by atoms with Gasteiger partial charge in [-0.05, 0) is 36.8 Å². The number of nitrogens with zero attached hydrogens (tertiary/aromatic N) is 2. The highest BCUT2D eigenvalue weighted by Crippen LogP contribution is 2.28. The average Bonchev–Trinajstić information content (AvgIpc) is 3.01. The van der Waals surface area contributed by atoms with Crippen molar-refractivity contribution in [1.82, 2.24) is 4.98 Å². The van der Waals surface area contributed by atoms with Crippen LogP contribution < -0.4 is 15.4 Å². The van der Waals surface area contributed by atoms with E-state index in [9.17, 15) is 17.6 Å². The minimum absolute atomic E-state index is 0.0743. The van der Waals surface area contributed by atoms with Crippen molar-refractivity contribution in [3.8, 4) is 5.75 Å². The molecule has 0 amide bonds. The summed E-state index contributed by atoms with van der Waals surface area (Å²) < 4.78 is 54.5. The van der Waals surface area contributed by atoms with Crippen LogP contribution in [-0.4, -0.2) is 36.3 Å². The van der Waals surface area contributed by atoms with Crippen molar-refractivity contribution in [2.45, 2.75) is 19.0 Å². The van der Waals surface area contributed by atoms with E-state index in [2.05, 4.69) is 9.72 Å². The first kappa shape index (κ1) is 18.0. The van der Waals surface area contributed by atoms with Crippen molar-refractivity contribution < 1.29 is 22.3 Å². The Bertz CT molecular complexity index is 825. The first-order chi connectivity index (χ1) is 12.2. The van der Waals surface area contributed by atoms with E-state index in [0.717, 1.165) is 12.1 Å². The summed E-state index contributed by atoms with van der Waals surface area (Å²) in [6, 6.07) is 6.55. The number of alkyl halides is 4. The summed E-state index contributed by atoms with van der Waals surface area (Å²) in [4.78, 5) is 5.94. The van der Waals surface area contributed by atoms with E-state index < -0.39 is 18.3 Å². The Morgan fingerprint density at radius 3 is 2.69 bits per heavy atom. The molecular weight excluding hydrogens is 352 g/mol. The van der Waals surface area contributed by atoms with Crippen LogP contribution in [0, 0.1) is 5.41 Å². The molecule has 3 rings (SSSR count). The number of hydrogen-bond donors (Lipinski definition) is 2. The number of benzene rings is 1. The fourth-order valence-electron chi connectivity index (χ4n) is 2.78. The summed E-state index contributed by atoms with van der Waals surface area (Å²) in [5, 5.41) is 8.31. The van der Waals surface area contributed by atoms with E-state index in [0.29, 0.717) is 24.3 Å². The topological polar surface area (TPSA) is 75.2 Å². The molecule has 0 spiro atoms. The third-order valence-electron chi connectivity index (χ3n) is 4.02. The fraction of sp³-hybridized carbons (Fsp3) is 0.294. The summed E-state index contributed by atoms with van der Waals surface area (Å²) in [6.07, 6.45) is -3.88. The number of rotatable bonds is 4. The molecule has 0 radical (unpaired) electrons. The number of pyridine rings is 1.